The number of carbonyl (C=O) groups is 1. The third-order valence-electron chi connectivity index (χ3n) is 3.82. The normalized spacial score (nSPS) is 11.0. The molecule has 0 bridgehead atoms. The van der Waals surface area contributed by atoms with Crippen molar-refractivity contribution >= 4 is 33.1 Å². The van der Waals surface area contributed by atoms with Crippen LogP contribution in [0.3, 0.4) is 0 Å². The van der Waals surface area contributed by atoms with E-state index in [2.05, 4.69) is 26.5 Å². The van der Waals surface area contributed by atoms with Gasteiger partial charge in [0.05, 0.1) is 10.2 Å². The summed E-state index contributed by atoms with van der Waals surface area (Å²) >= 11 is 1.64. The van der Waals surface area contributed by atoms with E-state index < -0.39 is 0 Å². The van der Waals surface area contributed by atoms with E-state index in [1.807, 2.05) is 42.5 Å². The lowest BCUT2D eigenvalue weighted by molar-refractivity contribution is -0.116. The van der Waals surface area contributed by atoms with E-state index in [0.717, 1.165) is 26.5 Å². The molecule has 130 valence electrons. The number of carbonyl (C=O) groups excluding carboxylic acids is 1. The Balaban J connectivity index is 1.46. The van der Waals surface area contributed by atoms with Gasteiger partial charge in [0.25, 0.3) is 0 Å². The first kappa shape index (κ1) is 16.4. The molecule has 4 rings (SSSR count). The lowest BCUT2D eigenvalue weighted by atomic mass is 10.2. The van der Waals surface area contributed by atoms with E-state index in [4.69, 9.17) is 4.52 Å². The van der Waals surface area contributed by atoms with Crippen molar-refractivity contribution in [3.8, 4) is 10.6 Å². The molecular formula is C19H16N4O2S. The van der Waals surface area contributed by atoms with Gasteiger partial charge in [0.2, 0.25) is 11.8 Å². The highest BCUT2D eigenvalue weighted by atomic mass is 32.1. The fraction of sp³-hybridized carbons (Fsp3) is 0.158. The summed E-state index contributed by atoms with van der Waals surface area (Å²) < 4.78 is 6.17. The van der Waals surface area contributed by atoms with Crippen molar-refractivity contribution in [3.63, 3.8) is 0 Å². The van der Waals surface area contributed by atoms with E-state index in [1.165, 1.54) is 0 Å². The maximum absolute atomic E-state index is 12.2. The third-order valence-corrected chi connectivity index (χ3v) is 4.91. The quantitative estimate of drug-likeness (QED) is 0.573. The lowest BCUT2D eigenvalue weighted by Crippen LogP contribution is -2.12. The van der Waals surface area contributed by atoms with Crippen molar-refractivity contribution in [3.05, 3.63) is 60.2 Å². The summed E-state index contributed by atoms with van der Waals surface area (Å²) in [6.07, 6.45) is 0.706. The van der Waals surface area contributed by atoms with Crippen molar-refractivity contribution in [1.82, 2.24) is 15.1 Å². The first-order valence-corrected chi connectivity index (χ1v) is 9.04. The minimum atomic E-state index is -0.0951. The Bertz CT molecular complexity index is 1040. The topological polar surface area (TPSA) is 80.9 Å². The Morgan fingerprint density at radius 2 is 2.04 bits per heavy atom. The molecule has 0 aliphatic rings. The summed E-state index contributed by atoms with van der Waals surface area (Å²) in [5.41, 5.74) is 2.71. The van der Waals surface area contributed by atoms with Crippen LogP contribution in [0.2, 0.25) is 0 Å². The molecule has 0 spiro atoms. The fourth-order valence-corrected chi connectivity index (χ4v) is 3.57. The molecule has 7 heteroatoms. The van der Waals surface area contributed by atoms with Crippen molar-refractivity contribution in [2.75, 3.05) is 5.32 Å². The molecule has 6 nitrogen and oxygen atoms in total. The number of para-hydroxylation sites is 1. The molecule has 2 aromatic carbocycles. The smallest absolute Gasteiger partial charge is 0.227 e. The zero-order valence-electron chi connectivity index (χ0n) is 14.1. The van der Waals surface area contributed by atoms with Crippen LogP contribution in [0, 0.1) is 6.92 Å². The summed E-state index contributed by atoms with van der Waals surface area (Å²) in [4.78, 5) is 20.9. The minimum absolute atomic E-state index is 0.0951. The van der Waals surface area contributed by atoms with Crippen LogP contribution >= 0.6 is 11.3 Å². The molecule has 0 radical (unpaired) electrons. The van der Waals surface area contributed by atoms with E-state index in [1.54, 1.807) is 18.3 Å². The van der Waals surface area contributed by atoms with Gasteiger partial charge in [0, 0.05) is 24.1 Å². The van der Waals surface area contributed by atoms with Gasteiger partial charge in [-0.05, 0) is 31.2 Å². The summed E-state index contributed by atoms with van der Waals surface area (Å²) in [6, 6.07) is 15.8. The van der Waals surface area contributed by atoms with Gasteiger partial charge in [-0.2, -0.15) is 4.98 Å². The van der Waals surface area contributed by atoms with Gasteiger partial charge in [-0.25, -0.2) is 4.98 Å². The Kier molecular flexibility index (Phi) is 4.45. The number of amides is 1. The second-order valence-electron chi connectivity index (χ2n) is 5.85. The Labute approximate surface area is 153 Å². The van der Waals surface area contributed by atoms with Crippen LogP contribution in [0.25, 0.3) is 20.8 Å². The van der Waals surface area contributed by atoms with Crippen LogP contribution in [-0.2, 0) is 11.2 Å². The molecule has 2 heterocycles. The molecular weight excluding hydrogens is 348 g/mol. The van der Waals surface area contributed by atoms with E-state index in [-0.39, 0.29) is 12.3 Å². The van der Waals surface area contributed by atoms with Gasteiger partial charge in [0.1, 0.15) is 5.01 Å². The van der Waals surface area contributed by atoms with Gasteiger partial charge in [-0.1, -0.05) is 29.4 Å². The molecule has 2 aromatic heterocycles. The SMILES string of the molecule is Cc1noc(CCC(=O)Nc2cccc(-c3nc4ccccc4s3)c2)n1. The van der Waals surface area contributed by atoms with Gasteiger partial charge < -0.3 is 9.84 Å². The number of hydrogen-bond acceptors (Lipinski definition) is 6. The molecule has 4 aromatic rings. The first-order chi connectivity index (χ1) is 12.7. The van der Waals surface area contributed by atoms with Crippen LogP contribution < -0.4 is 5.32 Å². The second-order valence-corrected chi connectivity index (χ2v) is 6.88. The Morgan fingerprint density at radius 3 is 2.85 bits per heavy atom. The monoisotopic (exact) mass is 364 g/mol. The predicted molar refractivity (Wildman–Crippen MR) is 101 cm³/mol. The number of fused-ring (bicyclic) bond motifs is 1. The molecule has 0 atom stereocenters. The number of thiazole rings is 1. The van der Waals surface area contributed by atoms with Crippen LogP contribution in [0.5, 0.6) is 0 Å². The maximum Gasteiger partial charge on any atom is 0.227 e. The zero-order valence-corrected chi connectivity index (χ0v) is 14.9. The summed E-state index contributed by atoms with van der Waals surface area (Å²) in [7, 11) is 0. The number of benzene rings is 2. The summed E-state index contributed by atoms with van der Waals surface area (Å²) in [5.74, 6) is 0.951. The van der Waals surface area contributed by atoms with E-state index in [9.17, 15) is 4.79 Å². The number of rotatable bonds is 5. The Hall–Kier alpha value is -3.06. The van der Waals surface area contributed by atoms with Crippen LogP contribution in [0.4, 0.5) is 5.69 Å². The van der Waals surface area contributed by atoms with Gasteiger partial charge in [-0.15, -0.1) is 11.3 Å². The highest BCUT2D eigenvalue weighted by molar-refractivity contribution is 7.21. The molecule has 26 heavy (non-hydrogen) atoms. The largest absolute Gasteiger partial charge is 0.339 e. The molecule has 0 unspecified atom stereocenters. The zero-order chi connectivity index (χ0) is 17.9. The number of aromatic nitrogens is 3. The van der Waals surface area contributed by atoms with Gasteiger partial charge in [0.15, 0.2) is 5.82 Å². The molecule has 1 N–H and O–H groups in total. The Morgan fingerprint density at radius 1 is 1.15 bits per heavy atom. The fourth-order valence-electron chi connectivity index (χ4n) is 2.61. The van der Waals surface area contributed by atoms with Gasteiger partial charge >= 0.3 is 0 Å². The highest BCUT2D eigenvalue weighted by Crippen LogP contribution is 2.31. The molecule has 0 aliphatic carbocycles. The predicted octanol–water partition coefficient (Wildman–Crippen LogP) is 4.23. The van der Waals surface area contributed by atoms with Crippen LogP contribution in [-0.4, -0.2) is 21.0 Å². The van der Waals surface area contributed by atoms with Gasteiger partial charge in [-0.3, -0.25) is 4.79 Å². The standard InChI is InChI=1S/C19H16N4O2S/c1-12-20-18(25-23-12)10-9-17(24)21-14-6-4-5-13(11-14)19-22-15-7-2-3-8-16(15)26-19/h2-8,11H,9-10H2,1H3,(H,21,24). The number of hydrogen-bond donors (Lipinski definition) is 1. The molecule has 0 saturated carbocycles. The van der Waals surface area contributed by atoms with Crippen molar-refractivity contribution in [2.45, 2.75) is 19.8 Å². The maximum atomic E-state index is 12.2. The van der Waals surface area contributed by atoms with Crippen LogP contribution in [0.1, 0.15) is 18.1 Å². The third kappa shape index (κ3) is 3.62. The van der Waals surface area contributed by atoms with Crippen molar-refractivity contribution < 1.29 is 9.32 Å². The average molecular weight is 364 g/mol. The molecule has 0 saturated heterocycles. The second kappa shape index (κ2) is 7.05. The highest BCUT2D eigenvalue weighted by Gasteiger charge is 2.10. The van der Waals surface area contributed by atoms with Crippen molar-refractivity contribution in [1.29, 1.82) is 0 Å². The lowest BCUT2D eigenvalue weighted by Gasteiger charge is -2.05. The molecule has 1 amide bonds. The summed E-state index contributed by atoms with van der Waals surface area (Å²) in [5, 5.41) is 7.56. The average Bonchev–Trinajstić information content (AvgIpc) is 3.26. The van der Waals surface area contributed by atoms with Crippen LogP contribution in [0.15, 0.2) is 53.1 Å². The summed E-state index contributed by atoms with van der Waals surface area (Å²) in [6.45, 7) is 1.75. The number of nitrogens with one attached hydrogen (secondary N) is 1. The number of nitrogens with zero attached hydrogens (tertiary/aromatic N) is 3. The minimum Gasteiger partial charge on any atom is -0.339 e. The van der Waals surface area contributed by atoms with E-state index >= 15 is 0 Å². The molecule has 0 aliphatic heterocycles. The number of aryl methyl sites for hydroxylation is 2. The number of anilines is 1. The first-order valence-electron chi connectivity index (χ1n) is 8.22. The molecule has 0 fully saturated rings. The van der Waals surface area contributed by atoms with Crippen molar-refractivity contribution in [2.24, 2.45) is 0 Å². The van der Waals surface area contributed by atoms with E-state index in [0.29, 0.717) is 18.1 Å².